The van der Waals surface area contributed by atoms with Crippen LogP contribution in [0.3, 0.4) is 0 Å². The van der Waals surface area contributed by atoms with Crippen LogP contribution in [0, 0.1) is 5.41 Å². The zero-order valence-corrected chi connectivity index (χ0v) is 9.57. The number of Topliss-reactive ketones (excluding diaryl/α,β-unsaturated/α-hetero) is 1. The summed E-state index contributed by atoms with van der Waals surface area (Å²) in [5, 5.41) is 27.7. The third-order valence-electron chi connectivity index (χ3n) is 2.29. The standard InChI is InChI=1S/C11H10N2O3S/c12-11-13(3-4-17-11)6-10(16)7-1-2-8(14)9(15)5-7/h1-5,12,14-15H,6H2. The summed E-state index contributed by atoms with van der Waals surface area (Å²) in [7, 11) is 0. The largest absolute Gasteiger partial charge is 0.504 e. The molecular weight excluding hydrogens is 240 g/mol. The van der Waals surface area contributed by atoms with Crippen molar-refractivity contribution in [2.75, 3.05) is 0 Å². The van der Waals surface area contributed by atoms with Crippen molar-refractivity contribution in [2.45, 2.75) is 6.54 Å². The van der Waals surface area contributed by atoms with Crippen LogP contribution in [0.2, 0.25) is 0 Å². The first-order valence-corrected chi connectivity index (χ1v) is 5.69. The van der Waals surface area contributed by atoms with Crippen LogP contribution in [-0.4, -0.2) is 20.6 Å². The number of aromatic nitrogens is 1. The van der Waals surface area contributed by atoms with Crippen molar-refractivity contribution in [2.24, 2.45) is 0 Å². The molecule has 2 aromatic rings. The van der Waals surface area contributed by atoms with Gasteiger partial charge in [-0.25, -0.2) is 0 Å². The van der Waals surface area contributed by atoms with Crippen molar-refractivity contribution >= 4 is 17.1 Å². The minimum absolute atomic E-state index is 0.0482. The van der Waals surface area contributed by atoms with Gasteiger partial charge in [0.05, 0.1) is 6.54 Å². The van der Waals surface area contributed by atoms with Gasteiger partial charge in [-0.05, 0) is 18.2 Å². The summed E-state index contributed by atoms with van der Waals surface area (Å²) in [5.74, 6) is -0.805. The number of nitrogens with one attached hydrogen (secondary N) is 1. The van der Waals surface area contributed by atoms with Crippen LogP contribution >= 0.6 is 11.3 Å². The maximum Gasteiger partial charge on any atom is 0.182 e. The summed E-state index contributed by atoms with van der Waals surface area (Å²) >= 11 is 1.24. The lowest BCUT2D eigenvalue weighted by Crippen LogP contribution is -2.18. The lowest BCUT2D eigenvalue weighted by molar-refractivity contribution is 0.0970. The molecule has 5 nitrogen and oxygen atoms in total. The van der Waals surface area contributed by atoms with Crippen molar-refractivity contribution in [3.8, 4) is 11.5 Å². The summed E-state index contributed by atoms with van der Waals surface area (Å²) in [4.78, 5) is 12.1. The fraction of sp³-hybridized carbons (Fsp3) is 0.0909. The van der Waals surface area contributed by atoms with Gasteiger partial charge in [0.25, 0.3) is 0 Å². The van der Waals surface area contributed by atoms with Crippen molar-refractivity contribution in [1.29, 1.82) is 5.41 Å². The number of phenolic OH excluding ortho intramolecular Hbond substituents is 2. The van der Waals surface area contributed by atoms with E-state index in [0.717, 1.165) is 0 Å². The van der Waals surface area contributed by atoms with Crippen LogP contribution in [0.25, 0.3) is 0 Å². The molecule has 6 heteroatoms. The van der Waals surface area contributed by atoms with Gasteiger partial charge in [-0.1, -0.05) is 0 Å². The number of hydrogen-bond acceptors (Lipinski definition) is 5. The Kier molecular flexibility index (Phi) is 2.97. The van der Waals surface area contributed by atoms with Crippen LogP contribution < -0.4 is 4.80 Å². The van der Waals surface area contributed by atoms with Crippen LogP contribution in [0.1, 0.15) is 10.4 Å². The number of benzene rings is 1. The number of rotatable bonds is 3. The molecule has 0 aliphatic carbocycles. The molecule has 0 radical (unpaired) electrons. The highest BCUT2D eigenvalue weighted by molar-refractivity contribution is 7.06. The molecule has 0 bridgehead atoms. The molecule has 0 saturated carbocycles. The average molecular weight is 250 g/mol. The summed E-state index contributed by atoms with van der Waals surface area (Å²) in [5.41, 5.74) is 0.304. The van der Waals surface area contributed by atoms with Crippen LogP contribution in [-0.2, 0) is 6.54 Å². The fourth-order valence-corrected chi connectivity index (χ4v) is 1.97. The Bertz CT molecular complexity index is 615. The summed E-state index contributed by atoms with van der Waals surface area (Å²) in [6.07, 6.45) is 1.66. The van der Waals surface area contributed by atoms with Crippen LogP contribution in [0.4, 0.5) is 0 Å². The van der Waals surface area contributed by atoms with E-state index in [1.54, 1.807) is 11.6 Å². The maximum atomic E-state index is 11.8. The number of carbonyl (C=O) groups is 1. The lowest BCUT2D eigenvalue weighted by atomic mass is 10.1. The molecule has 0 saturated heterocycles. The Hall–Kier alpha value is -2.08. The minimum atomic E-state index is -0.322. The first-order chi connectivity index (χ1) is 8.08. The second-order valence-electron chi connectivity index (χ2n) is 3.46. The smallest absolute Gasteiger partial charge is 0.182 e. The maximum absolute atomic E-state index is 11.8. The molecule has 0 unspecified atom stereocenters. The predicted octanol–water partition coefficient (Wildman–Crippen LogP) is 1.32. The second-order valence-corrected chi connectivity index (χ2v) is 4.36. The number of hydrogen-bond donors (Lipinski definition) is 3. The number of phenols is 2. The number of aromatic hydroxyl groups is 2. The van der Waals surface area contributed by atoms with Gasteiger partial charge in [-0.2, -0.15) is 0 Å². The minimum Gasteiger partial charge on any atom is -0.504 e. The molecule has 0 aliphatic rings. The molecule has 2 rings (SSSR count). The molecule has 17 heavy (non-hydrogen) atoms. The quantitative estimate of drug-likeness (QED) is 0.567. The lowest BCUT2D eigenvalue weighted by Gasteiger charge is -2.03. The normalized spacial score (nSPS) is 10.4. The third-order valence-corrected chi connectivity index (χ3v) is 3.01. The van der Waals surface area contributed by atoms with E-state index in [-0.39, 0.29) is 23.8 Å². The van der Waals surface area contributed by atoms with Gasteiger partial charge in [-0.15, -0.1) is 11.3 Å². The highest BCUT2D eigenvalue weighted by Gasteiger charge is 2.09. The molecular formula is C11H10N2O3S. The highest BCUT2D eigenvalue weighted by atomic mass is 32.1. The van der Waals surface area contributed by atoms with Gasteiger partial charge < -0.3 is 14.8 Å². The molecule has 1 aromatic carbocycles. The molecule has 1 heterocycles. The summed E-state index contributed by atoms with van der Waals surface area (Å²) < 4.78 is 1.51. The Balaban J connectivity index is 2.23. The zero-order chi connectivity index (χ0) is 12.4. The predicted molar refractivity (Wildman–Crippen MR) is 62.3 cm³/mol. The van der Waals surface area contributed by atoms with Gasteiger partial charge in [0.1, 0.15) is 0 Å². The van der Waals surface area contributed by atoms with Crippen LogP contribution in [0.5, 0.6) is 11.5 Å². The van der Waals surface area contributed by atoms with Crippen molar-refractivity contribution in [3.05, 3.63) is 40.1 Å². The summed E-state index contributed by atoms with van der Waals surface area (Å²) in [6.45, 7) is 0.0482. The van der Waals surface area contributed by atoms with E-state index in [0.29, 0.717) is 10.4 Å². The van der Waals surface area contributed by atoms with Gasteiger partial charge >= 0.3 is 0 Å². The Morgan fingerprint density at radius 2 is 2.12 bits per heavy atom. The zero-order valence-electron chi connectivity index (χ0n) is 8.75. The van der Waals surface area contributed by atoms with E-state index in [4.69, 9.17) is 10.5 Å². The van der Waals surface area contributed by atoms with E-state index < -0.39 is 0 Å². The van der Waals surface area contributed by atoms with Crippen LogP contribution in [0.15, 0.2) is 29.8 Å². The van der Waals surface area contributed by atoms with E-state index >= 15 is 0 Å². The number of ketones is 1. The SMILES string of the molecule is N=c1sccn1CC(=O)c1ccc(O)c(O)c1. The first kappa shape index (κ1) is 11.4. The number of thiazole rings is 1. The van der Waals surface area contributed by atoms with Crippen molar-refractivity contribution in [1.82, 2.24) is 4.57 Å². The van der Waals surface area contributed by atoms with E-state index in [2.05, 4.69) is 0 Å². The van der Waals surface area contributed by atoms with E-state index in [9.17, 15) is 9.90 Å². The second kappa shape index (κ2) is 4.42. The Labute approximate surface area is 101 Å². The first-order valence-electron chi connectivity index (χ1n) is 4.81. The third kappa shape index (κ3) is 2.36. The van der Waals surface area contributed by atoms with Gasteiger partial charge in [-0.3, -0.25) is 10.2 Å². The fourth-order valence-electron chi connectivity index (χ4n) is 1.37. The monoisotopic (exact) mass is 250 g/mol. The van der Waals surface area contributed by atoms with Crippen molar-refractivity contribution < 1.29 is 15.0 Å². The average Bonchev–Trinajstić information content (AvgIpc) is 2.68. The molecule has 0 amide bonds. The molecule has 0 atom stereocenters. The summed E-state index contributed by atoms with van der Waals surface area (Å²) in [6, 6.07) is 3.92. The molecule has 0 aliphatic heterocycles. The topological polar surface area (TPSA) is 86.3 Å². The van der Waals surface area contributed by atoms with Gasteiger partial charge in [0, 0.05) is 17.1 Å². The molecule has 1 aromatic heterocycles. The van der Waals surface area contributed by atoms with Gasteiger partial charge in [0.15, 0.2) is 22.1 Å². The molecule has 3 N–H and O–H groups in total. The van der Waals surface area contributed by atoms with E-state index in [1.807, 2.05) is 0 Å². The molecule has 88 valence electrons. The number of nitrogens with zero attached hydrogens (tertiary/aromatic N) is 1. The van der Waals surface area contributed by atoms with Gasteiger partial charge in [0.2, 0.25) is 0 Å². The highest BCUT2D eigenvalue weighted by Crippen LogP contribution is 2.25. The number of carbonyl (C=O) groups excluding carboxylic acids is 1. The molecule has 0 spiro atoms. The Morgan fingerprint density at radius 1 is 1.35 bits per heavy atom. The van der Waals surface area contributed by atoms with E-state index in [1.165, 1.54) is 34.1 Å². The molecule has 0 fully saturated rings. The Morgan fingerprint density at radius 3 is 2.71 bits per heavy atom. The van der Waals surface area contributed by atoms with Crippen molar-refractivity contribution in [3.63, 3.8) is 0 Å².